The van der Waals surface area contributed by atoms with Gasteiger partial charge in [-0.15, -0.1) is 0 Å². The van der Waals surface area contributed by atoms with Crippen LogP contribution in [0.25, 0.3) is 0 Å². The Kier molecular flexibility index (Phi) is 3.02. The number of rotatable bonds is 2. The average Bonchev–Trinajstić information content (AvgIpc) is 2.30. The molecule has 0 spiro atoms. The molecule has 1 N–H and O–H groups in total. The van der Waals surface area contributed by atoms with Gasteiger partial charge >= 0.3 is 5.97 Å². The monoisotopic (exact) mass is 206 g/mol. The van der Waals surface area contributed by atoms with Crippen LogP contribution < -0.4 is 0 Å². The number of carboxylic acids is 1. The topological polar surface area (TPSA) is 46.5 Å². The summed E-state index contributed by atoms with van der Waals surface area (Å²) in [6.45, 7) is 0. The van der Waals surface area contributed by atoms with Crippen molar-refractivity contribution in [2.24, 2.45) is 0 Å². The number of carboxylic acid groups (broad SMARTS) is 1. The first kappa shape index (κ1) is 10.2. The smallest absolute Gasteiger partial charge is 0.332 e. The molecule has 2 rings (SSSR count). The molecule has 0 amide bonds. The van der Waals surface area contributed by atoms with Crippen LogP contribution in [0.1, 0.15) is 30.9 Å². The highest BCUT2D eigenvalue weighted by atomic mass is 16.5. The second-order valence-electron chi connectivity index (χ2n) is 3.79. The fourth-order valence-corrected chi connectivity index (χ4v) is 1.92. The molecule has 0 saturated carbocycles. The van der Waals surface area contributed by atoms with Gasteiger partial charge < -0.3 is 9.84 Å². The van der Waals surface area contributed by atoms with E-state index in [1.165, 1.54) is 0 Å². The molecule has 3 nitrogen and oxygen atoms in total. The third-order valence-corrected chi connectivity index (χ3v) is 2.71. The first-order chi connectivity index (χ1) is 7.27. The Labute approximate surface area is 88.7 Å². The van der Waals surface area contributed by atoms with E-state index in [-0.39, 0.29) is 6.10 Å². The highest BCUT2D eigenvalue weighted by Gasteiger charge is 2.28. The van der Waals surface area contributed by atoms with Crippen molar-refractivity contribution in [2.45, 2.75) is 31.5 Å². The molecular weight excluding hydrogens is 192 g/mol. The summed E-state index contributed by atoms with van der Waals surface area (Å²) in [5, 5.41) is 8.88. The highest BCUT2D eigenvalue weighted by molar-refractivity contribution is 5.72. The first-order valence-corrected chi connectivity index (χ1v) is 5.20. The van der Waals surface area contributed by atoms with E-state index in [9.17, 15) is 4.79 Å². The Bertz CT molecular complexity index is 334. The summed E-state index contributed by atoms with van der Waals surface area (Å²) in [7, 11) is 0. The van der Waals surface area contributed by atoms with Crippen LogP contribution in [0.5, 0.6) is 0 Å². The summed E-state index contributed by atoms with van der Waals surface area (Å²) >= 11 is 0. The molecule has 1 aliphatic rings. The quantitative estimate of drug-likeness (QED) is 0.808. The SMILES string of the molecule is O=C(O)[C@@H]1CCC[C@H](c2ccccc2)O1. The van der Waals surface area contributed by atoms with Crippen molar-refractivity contribution in [3.05, 3.63) is 35.9 Å². The molecule has 0 unspecified atom stereocenters. The molecule has 0 radical (unpaired) electrons. The molecule has 0 bridgehead atoms. The van der Waals surface area contributed by atoms with E-state index in [1.807, 2.05) is 30.3 Å². The lowest BCUT2D eigenvalue weighted by molar-refractivity contribution is -0.159. The molecule has 1 fully saturated rings. The Morgan fingerprint density at radius 2 is 2.00 bits per heavy atom. The molecule has 0 aliphatic carbocycles. The molecule has 1 aromatic carbocycles. The molecular formula is C12H14O3. The maximum atomic E-state index is 10.8. The molecule has 1 aromatic rings. The van der Waals surface area contributed by atoms with Gasteiger partial charge in [-0.05, 0) is 24.8 Å². The minimum atomic E-state index is -0.851. The van der Waals surface area contributed by atoms with Crippen LogP contribution in [-0.4, -0.2) is 17.2 Å². The third kappa shape index (κ3) is 2.36. The zero-order valence-corrected chi connectivity index (χ0v) is 8.43. The molecule has 80 valence electrons. The molecule has 3 heteroatoms. The van der Waals surface area contributed by atoms with Crippen LogP contribution in [0.2, 0.25) is 0 Å². The zero-order valence-electron chi connectivity index (χ0n) is 8.43. The van der Waals surface area contributed by atoms with Crippen LogP contribution in [0.15, 0.2) is 30.3 Å². The fraction of sp³-hybridized carbons (Fsp3) is 0.417. The van der Waals surface area contributed by atoms with E-state index in [0.29, 0.717) is 6.42 Å². The van der Waals surface area contributed by atoms with Gasteiger partial charge in [-0.25, -0.2) is 4.79 Å². The van der Waals surface area contributed by atoms with Crippen molar-refractivity contribution >= 4 is 5.97 Å². The predicted octanol–water partition coefficient (Wildman–Crippen LogP) is 2.38. The van der Waals surface area contributed by atoms with Crippen LogP contribution in [0.3, 0.4) is 0 Å². The Morgan fingerprint density at radius 3 is 2.67 bits per heavy atom. The molecule has 1 heterocycles. The summed E-state index contributed by atoms with van der Waals surface area (Å²) in [5.41, 5.74) is 1.07. The molecule has 1 aliphatic heterocycles. The third-order valence-electron chi connectivity index (χ3n) is 2.71. The van der Waals surface area contributed by atoms with Gasteiger partial charge in [0.15, 0.2) is 6.10 Å². The standard InChI is InChI=1S/C12H14O3/c13-12(14)11-8-4-7-10(15-11)9-5-2-1-3-6-9/h1-3,5-6,10-11H,4,7-8H2,(H,13,14)/t10-,11+/m1/s1. The number of aliphatic carboxylic acids is 1. The molecule has 2 atom stereocenters. The summed E-state index contributed by atoms with van der Waals surface area (Å²) in [4.78, 5) is 10.8. The van der Waals surface area contributed by atoms with Gasteiger partial charge in [-0.1, -0.05) is 30.3 Å². The van der Waals surface area contributed by atoms with E-state index in [2.05, 4.69) is 0 Å². The number of ether oxygens (including phenoxy) is 1. The van der Waals surface area contributed by atoms with Crippen LogP contribution in [-0.2, 0) is 9.53 Å². The van der Waals surface area contributed by atoms with Gasteiger partial charge in [-0.2, -0.15) is 0 Å². The molecule has 1 saturated heterocycles. The lowest BCUT2D eigenvalue weighted by Crippen LogP contribution is -2.29. The number of benzene rings is 1. The summed E-state index contributed by atoms with van der Waals surface area (Å²) in [5.74, 6) is -0.851. The highest BCUT2D eigenvalue weighted by Crippen LogP contribution is 2.30. The number of hydrogen-bond donors (Lipinski definition) is 1. The molecule has 15 heavy (non-hydrogen) atoms. The van der Waals surface area contributed by atoms with E-state index in [0.717, 1.165) is 18.4 Å². The Morgan fingerprint density at radius 1 is 1.27 bits per heavy atom. The summed E-state index contributed by atoms with van der Waals surface area (Å²) in [6.07, 6.45) is 1.76. The van der Waals surface area contributed by atoms with Crippen molar-refractivity contribution in [3.8, 4) is 0 Å². The van der Waals surface area contributed by atoms with Crippen molar-refractivity contribution in [1.82, 2.24) is 0 Å². The van der Waals surface area contributed by atoms with Crippen molar-refractivity contribution in [2.75, 3.05) is 0 Å². The Hall–Kier alpha value is -1.35. The molecule has 0 aromatic heterocycles. The Balaban J connectivity index is 2.08. The first-order valence-electron chi connectivity index (χ1n) is 5.20. The summed E-state index contributed by atoms with van der Waals surface area (Å²) < 4.78 is 5.53. The average molecular weight is 206 g/mol. The summed E-state index contributed by atoms with van der Waals surface area (Å²) in [6, 6.07) is 9.80. The maximum absolute atomic E-state index is 10.8. The minimum Gasteiger partial charge on any atom is -0.479 e. The van der Waals surface area contributed by atoms with Crippen molar-refractivity contribution in [3.63, 3.8) is 0 Å². The van der Waals surface area contributed by atoms with Gasteiger partial charge in [0.05, 0.1) is 6.10 Å². The van der Waals surface area contributed by atoms with Gasteiger partial charge in [0, 0.05) is 0 Å². The van der Waals surface area contributed by atoms with E-state index in [1.54, 1.807) is 0 Å². The zero-order chi connectivity index (χ0) is 10.7. The van der Waals surface area contributed by atoms with Crippen LogP contribution in [0.4, 0.5) is 0 Å². The van der Waals surface area contributed by atoms with Crippen molar-refractivity contribution in [1.29, 1.82) is 0 Å². The van der Waals surface area contributed by atoms with E-state index < -0.39 is 12.1 Å². The maximum Gasteiger partial charge on any atom is 0.332 e. The second kappa shape index (κ2) is 4.45. The largest absolute Gasteiger partial charge is 0.479 e. The van der Waals surface area contributed by atoms with Crippen molar-refractivity contribution < 1.29 is 14.6 Å². The van der Waals surface area contributed by atoms with Crippen LogP contribution >= 0.6 is 0 Å². The van der Waals surface area contributed by atoms with Gasteiger partial charge in [-0.3, -0.25) is 0 Å². The lowest BCUT2D eigenvalue weighted by atomic mass is 9.98. The lowest BCUT2D eigenvalue weighted by Gasteiger charge is -2.27. The van der Waals surface area contributed by atoms with Gasteiger partial charge in [0.2, 0.25) is 0 Å². The predicted molar refractivity (Wildman–Crippen MR) is 55.5 cm³/mol. The second-order valence-corrected chi connectivity index (χ2v) is 3.79. The van der Waals surface area contributed by atoms with E-state index in [4.69, 9.17) is 9.84 Å². The van der Waals surface area contributed by atoms with Gasteiger partial charge in [0.25, 0.3) is 0 Å². The van der Waals surface area contributed by atoms with Gasteiger partial charge in [0.1, 0.15) is 0 Å². The number of carbonyl (C=O) groups is 1. The normalized spacial score (nSPS) is 26.1. The fourth-order valence-electron chi connectivity index (χ4n) is 1.92. The minimum absolute atomic E-state index is 0.0546. The van der Waals surface area contributed by atoms with E-state index >= 15 is 0 Å². The van der Waals surface area contributed by atoms with Crippen LogP contribution in [0, 0.1) is 0 Å². The number of hydrogen-bond acceptors (Lipinski definition) is 2.